The minimum absolute atomic E-state index is 0.221. The molecule has 1 aromatic heterocycles. The standard InChI is InChI=1S/C18H21NO4/c1-5-7-14-16(18(21)23-6-2)15(17(20)22-4)12-10-11(3)8-9-13(12)19-14/h8-10H,5-7H2,1-4H3. The Bertz CT molecular complexity index is 752. The van der Waals surface area contributed by atoms with Gasteiger partial charge in [0, 0.05) is 5.39 Å². The highest BCUT2D eigenvalue weighted by atomic mass is 16.5. The van der Waals surface area contributed by atoms with Crippen molar-refractivity contribution in [3.63, 3.8) is 0 Å². The van der Waals surface area contributed by atoms with Crippen LogP contribution in [0.15, 0.2) is 18.2 Å². The summed E-state index contributed by atoms with van der Waals surface area (Å²) in [6, 6.07) is 5.62. The molecule has 0 bridgehead atoms. The van der Waals surface area contributed by atoms with Crippen molar-refractivity contribution in [1.29, 1.82) is 0 Å². The topological polar surface area (TPSA) is 65.5 Å². The van der Waals surface area contributed by atoms with Crippen LogP contribution in [-0.2, 0) is 15.9 Å². The molecular weight excluding hydrogens is 294 g/mol. The molecule has 0 radical (unpaired) electrons. The summed E-state index contributed by atoms with van der Waals surface area (Å²) in [5.41, 5.74) is 2.68. The molecule has 0 saturated heterocycles. The number of esters is 2. The molecule has 0 fully saturated rings. The normalized spacial score (nSPS) is 10.6. The molecule has 1 aromatic carbocycles. The molecule has 2 aromatic rings. The number of nitrogens with zero attached hydrogens (tertiary/aromatic N) is 1. The van der Waals surface area contributed by atoms with E-state index in [0.717, 1.165) is 12.0 Å². The second-order valence-electron chi connectivity index (χ2n) is 5.29. The second-order valence-corrected chi connectivity index (χ2v) is 5.29. The summed E-state index contributed by atoms with van der Waals surface area (Å²) < 4.78 is 10.1. The summed E-state index contributed by atoms with van der Waals surface area (Å²) in [4.78, 5) is 29.4. The molecular formula is C18H21NO4. The van der Waals surface area contributed by atoms with Crippen molar-refractivity contribution in [2.24, 2.45) is 0 Å². The number of rotatable bonds is 5. The van der Waals surface area contributed by atoms with Gasteiger partial charge in [-0.25, -0.2) is 9.59 Å². The van der Waals surface area contributed by atoms with Gasteiger partial charge in [0.2, 0.25) is 0 Å². The average molecular weight is 315 g/mol. The predicted octanol–water partition coefficient (Wildman–Crippen LogP) is 3.46. The molecule has 0 saturated carbocycles. The number of pyridine rings is 1. The zero-order valence-corrected chi connectivity index (χ0v) is 13.9. The van der Waals surface area contributed by atoms with E-state index in [9.17, 15) is 9.59 Å². The van der Waals surface area contributed by atoms with Crippen molar-refractivity contribution in [3.05, 3.63) is 40.6 Å². The van der Waals surface area contributed by atoms with Crippen LogP contribution in [0.2, 0.25) is 0 Å². The Balaban J connectivity index is 2.87. The smallest absolute Gasteiger partial charge is 0.340 e. The molecule has 5 nitrogen and oxygen atoms in total. The molecule has 0 spiro atoms. The number of hydrogen-bond acceptors (Lipinski definition) is 5. The minimum atomic E-state index is -0.552. The third-order valence-electron chi connectivity index (χ3n) is 3.57. The van der Waals surface area contributed by atoms with Gasteiger partial charge in [-0.1, -0.05) is 25.0 Å². The van der Waals surface area contributed by atoms with E-state index in [1.807, 2.05) is 32.0 Å². The molecule has 0 aliphatic carbocycles. The first kappa shape index (κ1) is 16.9. The van der Waals surface area contributed by atoms with E-state index in [1.165, 1.54) is 7.11 Å². The zero-order valence-electron chi connectivity index (χ0n) is 13.9. The molecule has 122 valence electrons. The third kappa shape index (κ3) is 3.33. The molecule has 0 aliphatic rings. The molecule has 0 unspecified atom stereocenters. The number of fused-ring (bicyclic) bond motifs is 1. The number of ether oxygens (including phenoxy) is 2. The predicted molar refractivity (Wildman–Crippen MR) is 87.8 cm³/mol. The summed E-state index contributed by atoms with van der Waals surface area (Å²) >= 11 is 0. The van der Waals surface area contributed by atoms with Crippen molar-refractivity contribution >= 4 is 22.8 Å². The van der Waals surface area contributed by atoms with E-state index in [2.05, 4.69) is 4.98 Å². The highest BCUT2D eigenvalue weighted by Gasteiger charge is 2.26. The van der Waals surface area contributed by atoms with Crippen molar-refractivity contribution in [3.8, 4) is 0 Å². The van der Waals surface area contributed by atoms with E-state index in [4.69, 9.17) is 9.47 Å². The van der Waals surface area contributed by atoms with Gasteiger partial charge in [0.05, 0.1) is 36.1 Å². The molecule has 0 aliphatic heterocycles. The van der Waals surface area contributed by atoms with E-state index in [0.29, 0.717) is 23.0 Å². The van der Waals surface area contributed by atoms with Crippen molar-refractivity contribution in [1.82, 2.24) is 4.98 Å². The van der Waals surface area contributed by atoms with Crippen LogP contribution >= 0.6 is 0 Å². The Morgan fingerprint density at radius 3 is 2.48 bits per heavy atom. The van der Waals surface area contributed by atoms with Gasteiger partial charge in [0.15, 0.2) is 0 Å². The minimum Gasteiger partial charge on any atom is -0.465 e. The molecule has 0 N–H and O–H groups in total. The van der Waals surface area contributed by atoms with E-state index in [-0.39, 0.29) is 17.7 Å². The van der Waals surface area contributed by atoms with Crippen LogP contribution in [0.5, 0.6) is 0 Å². The molecule has 0 atom stereocenters. The molecule has 5 heteroatoms. The summed E-state index contributed by atoms with van der Waals surface area (Å²) in [5, 5.41) is 0.611. The van der Waals surface area contributed by atoms with Crippen LogP contribution in [0.3, 0.4) is 0 Å². The van der Waals surface area contributed by atoms with Crippen LogP contribution in [0.1, 0.15) is 52.2 Å². The Labute approximate surface area is 135 Å². The number of methoxy groups -OCH3 is 1. The van der Waals surface area contributed by atoms with Crippen molar-refractivity contribution in [2.45, 2.75) is 33.6 Å². The maximum absolute atomic E-state index is 12.4. The number of carbonyl (C=O) groups excluding carboxylic acids is 2. The maximum atomic E-state index is 12.4. The lowest BCUT2D eigenvalue weighted by Gasteiger charge is -2.15. The first-order valence-corrected chi connectivity index (χ1v) is 7.72. The fourth-order valence-electron chi connectivity index (χ4n) is 2.58. The van der Waals surface area contributed by atoms with E-state index < -0.39 is 11.9 Å². The quantitative estimate of drug-likeness (QED) is 0.791. The fraction of sp³-hybridized carbons (Fsp3) is 0.389. The molecule has 1 heterocycles. The monoisotopic (exact) mass is 315 g/mol. The highest BCUT2D eigenvalue weighted by molar-refractivity contribution is 6.12. The van der Waals surface area contributed by atoms with Crippen molar-refractivity contribution in [2.75, 3.05) is 13.7 Å². The molecule has 0 amide bonds. The largest absolute Gasteiger partial charge is 0.465 e. The van der Waals surface area contributed by atoms with E-state index >= 15 is 0 Å². The highest BCUT2D eigenvalue weighted by Crippen LogP contribution is 2.27. The molecule has 23 heavy (non-hydrogen) atoms. The van der Waals surface area contributed by atoms with Gasteiger partial charge in [-0.05, 0) is 32.4 Å². The fourth-order valence-corrected chi connectivity index (χ4v) is 2.58. The van der Waals surface area contributed by atoms with Gasteiger partial charge in [-0.15, -0.1) is 0 Å². The second kappa shape index (κ2) is 7.22. The van der Waals surface area contributed by atoms with Crippen LogP contribution < -0.4 is 0 Å². The SMILES string of the molecule is CCCc1nc2ccc(C)cc2c(C(=O)OC)c1C(=O)OCC. The Kier molecular flexibility index (Phi) is 5.32. The van der Waals surface area contributed by atoms with Gasteiger partial charge >= 0.3 is 11.9 Å². The Morgan fingerprint density at radius 1 is 1.13 bits per heavy atom. The Morgan fingerprint density at radius 2 is 1.87 bits per heavy atom. The van der Waals surface area contributed by atoms with Crippen LogP contribution in [0.4, 0.5) is 0 Å². The summed E-state index contributed by atoms with van der Waals surface area (Å²) in [5.74, 6) is -1.09. The first-order chi connectivity index (χ1) is 11.0. The van der Waals surface area contributed by atoms with E-state index in [1.54, 1.807) is 6.92 Å². The summed E-state index contributed by atoms with van der Waals surface area (Å²) in [7, 11) is 1.30. The number of hydrogen-bond donors (Lipinski definition) is 0. The van der Waals surface area contributed by atoms with Crippen LogP contribution in [-0.4, -0.2) is 30.6 Å². The van der Waals surface area contributed by atoms with Gasteiger partial charge in [0.1, 0.15) is 0 Å². The summed E-state index contributed by atoms with van der Waals surface area (Å²) in [6.45, 7) is 5.88. The van der Waals surface area contributed by atoms with Crippen LogP contribution in [0, 0.1) is 6.92 Å². The number of carbonyl (C=O) groups is 2. The van der Waals surface area contributed by atoms with Gasteiger partial charge in [-0.3, -0.25) is 4.98 Å². The summed E-state index contributed by atoms with van der Waals surface area (Å²) in [6.07, 6.45) is 1.39. The van der Waals surface area contributed by atoms with Crippen molar-refractivity contribution < 1.29 is 19.1 Å². The molecule has 2 rings (SSSR count). The van der Waals surface area contributed by atoms with Gasteiger partial charge < -0.3 is 9.47 Å². The van der Waals surface area contributed by atoms with Gasteiger partial charge in [0.25, 0.3) is 0 Å². The first-order valence-electron chi connectivity index (χ1n) is 7.72. The maximum Gasteiger partial charge on any atom is 0.340 e. The number of aryl methyl sites for hydroxylation is 2. The lowest BCUT2D eigenvalue weighted by atomic mass is 9.97. The van der Waals surface area contributed by atoms with Gasteiger partial charge in [-0.2, -0.15) is 0 Å². The Hall–Kier alpha value is -2.43. The zero-order chi connectivity index (χ0) is 17.0. The number of benzene rings is 1. The van der Waals surface area contributed by atoms with Crippen LogP contribution in [0.25, 0.3) is 10.9 Å². The average Bonchev–Trinajstić information content (AvgIpc) is 2.53. The third-order valence-corrected chi connectivity index (χ3v) is 3.57. The number of aromatic nitrogens is 1. The lowest BCUT2D eigenvalue weighted by Crippen LogP contribution is -2.18. The lowest BCUT2D eigenvalue weighted by molar-refractivity contribution is 0.0503.